The van der Waals surface area contributed by atoms with E-state index in [1.54, 1.807) is 0 Å². The van der Waals surface area contributed by atoms with Crippen LogP contribution >= 0.6 is 0 Å². The lowest BCUT2D eigenvalue weighted by molar-refractivity contribution is -0.138. The molecule has 0 bridgehead atoms. The first-order valence-corrected chi connectivity index (χ1v) is 7.34. The van der Waals surface area contributed by atoms with Gasteiger partial charge in [0.15, 0.2) is 0 Å². The number of carbonyl (C=O) groups is 1. The van der Waals surface area contributed by atoms with Crippen molar-refractivity contribution in [1.29, 1.82) is 0 Å². The summed E-state index contributed by atoms with van der Waals surface area (Å²) in [6, 6.07) is 3.36. The van der Waals surface area contributed by atoms with Crippen LogP contribution in [0, 0.1) is 0 Å². The van der Waals surface area contributed by atoms with Crippen molar-refractivity contribution in [3.63, 3.8) is 0 Å². The summed E-state index contributed by atoms with van der Waals surface area (Å²) in [5.41, 5.74) is -0.858. The largest absolute Gasteiger partial charge is 0.478 e. The molecule has 2 rings (SSSR count). The molecule has 0 spiro atoms. The summed E-state index contributed by atoms with van der Waals surface area (Å²) in [6.07, 6.45) is -0.0837. The highest BCUT2D eigenvalue weighted by Gasteiger charge is 2.36. The normalized spacial score (nSPS) is 16.0. The molecule has 5 heteroatoms. The van der Waals surface area contributed by atoms with Gasteiger partial charge in [-0.3, -0.25) is 0 Å². The minimum atomic E-state index is -4.50. The molecule has 1 aliphatic rings. The minimum Gasteiger partial charge on any atom is -0.478 e. The molecule has 1 aromatic rings. The highest BCUT2D eigenvalue weighted by atomic mass is 19.4. The zero-order chi connectivity index (χ0) is 16.0. The zero-order valence-corrected chi connectivity index (χ0v) is 12.3. The number of benzene rings is 1. The van der Waals surface area contributed by atoms with Crippen LogP contribution in [0.5, 0.6) is 0 Å². The van der Waals surface area contributed by atoms with Crippen molar-refractivity contribution in [2.45, 2.75) is 58.0 Å². The van der Waals surface area contributed by atoms with Crippen molar-refractivity contribution in [1.82, 2.24) is 0 Å². The summed E-state index contributed by atoms with van der Waals surface area (Å²) in [5.74, 6) is -1.44. The first-order valence-electron chi connectivity index (χ1n) is 7.34. The third kappa shape index (κ3) is 4.48. The number of rotatable bonds is 2. The average Bonchev–Trinajstić information content (AvgIpc) is 2.48. The van der Waals surface area contributed by atoms with E-state index in [2.05, 4.69) is 0 Å². The van der Waals surface area contributed by atoms with Gasteiger partial charge in [-0.1, -0.05) is 39.2 Å². The van der Waals surface area contributed by atoms with Gasteiger partial charge in [0.25, 0.3) is 0 Å². The highest BCUT2D eigenvalue weighted by molar-refractivity contribution is 5.88. The molecule has 1 aromatic carbocycles. The third-order valence-corrected chi connectivity index (χ3v) is 3.65. The van der Waals surface area contributed by atoms with Gasteiger partial charge in [0, 0.05) is 0 Å². The SMILES string of the molecule is CC.O=C(O)c1ccc(C2CCCCC2)c(C(F)(F)F)c1. The van der Waals surface area contributed by atoms with Crippen molar-refractivity contribution in [3.05, 3.63) is 34.9 Å². The lowest BCUT2D eigenvalue weighted by Crippen LogP contribution is -2.15. The molecule has 0 unspecified atom stereocenters. The molecule has 2 nitrogen and oxygen atoms in total. The van der Waals surface area contributed by atoms with Crippen molar-refractivity contribution >= 4 is 5.97 Å². The summed E-state index contributed by atoms with van der Waals surface area (Å²) in [6.45, 7) is 4.00. The molecule has 118 valence electrons. The molecule has 0 aliphatic heterocycles. The molecule has 0 amide bonds. The van der Waals surface area contributed by atoms with E-state index in [9.17, 15) is 18.0 Å². The molecule has 21 heavy (non-hydrogen) atoms. The lowest BCUT2D eigenvalue weighted by Gasteiger charge is -2.25. The molecule has 0 aromatic heterocycles. The van der Waals surface area contributed by atoms with E-state index in [1.165, 1.54) is 12.1 Å². The van der Waals surface area contributed by atoms with Crippen LogP contribution in [0.2, 0.25) is 0 Å². The predicted octanol–water partition coefficient (Wildman–Crippen LogP) is 5.48. The fourth-order valence-electron chi connectivity index (χ4n) is 2.70. The van der Waals surface area contributed by atoms with E-state index in [0.29, 0.717) is 0 Å². The summed E-state index contributed by atoms with van der Waals surface area (Å²) < 4.78 is 39.2. The number of halogens is 3. The second kappa shape index (κ2) is 7.48. The van der Waals surface area contributed by atoms with Crippen molar-refractivity contribution in [2.75, 3.05) is 0 Å². The van der Waals surface area contributed by atoms with Gasteiger partial charge in [-0.2, -0.15) is 13.2 Å². The van der Waals surface area contributed by atoms with Gasteiger partial charge in [-0.15, -0.1) is 0 Å². The Labute approximate surface area is 123 Å². The smallest absolute Gasteiger partial charge is 0.416 e. The number of hydrogen-bond acceptors (Lipinski definition) is 1. The molecule has 0 heterocycles. The molecular weight excluding hydrogens is 281 g/mol. The van der Waals surface area contributed by atoms with Gasteiger partial charge in [0.2, 0.25) is 0 Å². The quantitative estimate of drug-likeness (QED) is 0.785. The topological polar surface area (TPSA) is 37.3 Å². The highest BCUT2D eigenvalue weighted by Crippen LogP contribution is 2.40. The third-order valence-electron chi connectivity index (χ3n) is 3.65. The zero-order valence-electron chi connectivity index (χ0n) is 12.3. The van der Waals surface area contributed by atoms with Crippen molar-refractivity contribution in [2.24, 2.45) is 0 Å². The molecule has 1 fully saturated rings. The molecule has 1 aliphatic carbocycles. The monoisotopic (exact) mass is 302 g/mol. The second-order valence-corrected chi connectivity index (χ2v) is 4.94. The molecule has 1 N–H and O–H groups in total. The summed E-state index contributed by atoms with van der Waals surface area (Å²) in [7, 11) is 0. The van der Waals surface area contributed by atoms with Crippen LogP contribution in [-0.4, -0.2) is 11.1 Å². The first kappa shape index (κ1) is 17.5. The Bertz CT molecular complexity index is 475. The maximum Gasteiger partial charge on any atom is 0.416 e. The standard InChI is InChI=1S/C14H15F3O2.C2H6/c15-14(16,17)12-8-10(13(18)19)6-7-11(12)9-4-2-1-3-5-9;1-2/h6-9H,1-5H2,(H,18,19);1-2H3. The average molecular weight is 302 g/mol. The van der Waals surface area contributed by atoms with E-state index >= 15 is 0 Å². The van der Waals surface area contributed by atoms with Crippen LogP contribution in [0.1, 0.15) is 73.4 Å². The Hall–Kier alpha value is -1.52. The van der Waals surface area contributed by atoms with E-state index in [0.717, 1.165) is 38.2 Å². The molecule has 0 saturated heterocycles. The van der Waals surface area contributed by atoms with Crippen molar-refractivity contribution < 1.29 is 23.1 Å². The van der Waals surface area contributed by atoms with Gasteiger partial charge in [-0.05, 0) is 36.5 Å². The van der Waals surface area contributed by atoms with Gasteiger partial charge in [0.1, 0.15) is 0 Å². The fourth-order valence-corrected chi connectivity index (χ4v) is 2.70. The Balaban J connectivity index is 0.00000106. The maximum absolute atomic E-state index is 13.1. The van der Waals surface area contributed by atoms with Gasteiger partial charge >= 0.3 is 12.1 Å². The molecule has 0 atom stereocenters. The Morgan fingerprint density at radius 2 is 1.71 bits per heavy atom. The number of carboxylic acid groups (broad SMARTS) is 1. The maximum atomic E-state index is 13.1. The first-order chi connectivity index (χ1) is 9.89. The van der Waals surface area contributed by atoms with Crippen molar-refractivity contribution in [3.8, 4) is 0 Å². The number of hydrogen-bond donors (Lipinski definition) is 1. The van der Waals surface area contributed by atoms with Gasteiger partial charge < -0.3 is 5.11 Å². The van der Waals surface area contributed by atoms with Gasteiger partial charge in [0.05, 0.1) is 11.1 Å². The number of carboxylic acids is 1. The Morgan fingerprint density at radius 3 is 2.19 bits per heavy atom. The van der Waals surface area contributed by atoms with Gasteiger partial charge in [-0.25, -0.2) is 4.79 Å². The summed E-state index contributed by atoms with van der Waals surface area (Å²) in [4.78, 5) is 10.8. The van der Waals surface area contributed by atoms with Crippen LogP contribution in [0.3, 0.4) is 0 Å². The van der Waals surface area contributed by atoms with E-state index in [1.807, 2.05) is 13.8 Å². The predicted molar refractivity (Wildman–Crippen MR) is 75.6 cm³/mol. The van der Waals surface area contributed by atoms with Crippen LogP contribution in [0.4, 0.5) is 13.2 Å². The number of alkyl halides is 3. The summed E-state index contributed by atoms with van der Waals surface area (Å²) in [5, 5.41) is 8.81. The van der Waals surface area contributed by atoms with E-state index < -0.39 is 17.7 Å². The fraction of sp³-hybridized carbons (Fsp3) is 0.562. The van der Waals surface area contributed by atoms with Crippen LogP contribution in [0.15, 0.2) is 18.2 Å². The number of aromatic carboxylic acids is 1. The molecule has 0 radical (unpaired) electrons. The Morgan fingerprint density at radius 1 is 1.14 bits per heavy atom. The lowest BCUT2D eigenvalue weighted by atomic mass is 9.81. The minimum absolute atomic E-state index is 0.104. The molecule has 1 saturated carbocycles. The van der Waals surface area contributed by atoms with E-state index in [-0.39, 0.29) is 17.0 Å². The summed E-state index contributed by atoms with van der Waals surface area (Å²) >= 11 is 0. The van der Waals surface area contributed by atoms with E-state index in [4.69, 9.17) is 5.11 Å². The second-order valence-electron chi connectivity index (χ2n) is 4.94. The van der Waals surface area contributed by atoms with Crippen LogP contribution in [0.25, 0.3) is 0 Å². The Kier molecular flexibility index (Phi) is 6.24. The van der Waals surface area contributed by atoms with Crippen LogP contribution < -0.4 is 0 Å². The van der Waals surface area contributed by atoms with Crippen LogP contribution in [-0.2, 0) is 6.18 Å². The molecular formula is C16H21F3O2.